The Balaban J connectivity index is 2.23. The van der Waals surface area contributed by atoms with Crippen molar-refractivity contribution in [2.75, 3.05) is 6.61 Å². The highest BCUT2D eigenvalue weighted by atomic mass is 16.5. The van der Waals surface area contributed by atoms with Crippen molar-refractivity contribution < 1.29 is 9.53 Å². The van der Waals surface area contributed by atoms with Gasteiger partial charge < -0.3 is 4.74 Å². The minimum absolute atomic E-state index is 0.140. The zero-order valence-electron chi connectivity index (χ0n) is 12.4. The number of nitrogens with zero attached hydrogens (tertiary/aromatic N) is 2. The van der Waals surface area contributed by atoms with Crippen molar-refractivity contribution in [2.45, 2.75) is 40.0 Å². The van der Waals surface area contributed by atoms with Gasteiger partial charge in [0.15, 0.2) is 5.78 Å². The van der Waals surface area contributed by atoms with E-state index < -0.39 is 0 Å². The lowest BCUT2D eigenvalue weighted by atomic mass is 10.1. The number of hydrogen-bond acceptors (Lipinski definition) is 3. The summed E-state index contributed by atoms with van der Waals surface area (Å²) in [5.74, 6) is 1.46. The quantitative estimate of drug-likeness (QED) is 0.722. The van der Waals surface area contributed by atoms with E-state index in [2.05, 4.69) is 18.9 Å². The molecule has 0 saturated carbocycles. The molecule has 0 aliphatic rings. The molecule has 0 saturated heterocycles. The van der Waals surface area contributed by atoms with Crippen molar-refractivity contribution in [1.82, 2.24) is 9.61 Å². The van der Waals surface area contributed by atoms with Gasteiger partial charge in [-0.3, -0.25) is 4.79 Å². The molecule has 2 rings (SSSR count). The molecule has 0 radical (unpaired) electrons. The number of aromatic nitrogens is 2. The molecule has 2 aromatic heterocycles. The van der Waals surface area contributed by atoms with Gasteiger partial charge in [0.2, 0.25) is 0 Å². The zero-order valence-corrected chi connectivity index (χ0v) is 12.4. The summed E-state index contributed by atoms with van der Waals surface area (Å²) in [6.07, 6.45) is 5.98. The van der Waals surface area contributed by atoms with Crippen LogP contribution in [0.4, 0.5) is 0 Å². The number of pyridine rings is 1. The van der Waals surface area contributed by atoms with Crippen molar-refractivity contribution in [1.29, 1.82) is 0 Å². The molecule has 0 aliphatic carbocycles. The number of carbonyl (C=O) groups excluding carboxylic acids is 1. The maximum atomic E-state index is 12.0. The van der Waals surface area contributed by atoms with Crippen LogP contribution in [-0.2, 0) is 0 Å². The fourth-order valence-electron chi connectivity index (χ4n) is 1.98. The highest BCUT2D eigenvalue weighted by molar-refractivity contribution is 6.02. The molecular formula is C16H22N2O2. The summed E-state index contributed by atoms with van der Waals surface area (Å²) in [7, 11) is 0. The first-order valence-electron chi connectivity index (χ1n) is 7.29. The van der Waals surface area contributed by atoms with Crippen LogP contribution < -0.4 is 4.74 Å². The summed E-state index contributed by atoms with van der Waals surface area (Å²) >= 11 is 0. The van der Waals surface area contributed by atoms with Gasteiger partial charge in [0.1, 0.15) is 5.75 Å². The Kier molecular flexibility index (Phi) is 4.77. The fraction of sp³-hybridized carbons (Fsp3) is 0.500. The Morgan fingerprint density at radius 2 is 2.25 bits per heavy atom. The van der Waals surface area contributed by atoms with Crippen LogP contribution in [0.15, 0.2) is 24.5 Å². The summed E-state index contributed by atoms with van der Waals surface area (Å²) in [5, 5.41) is 4.21. The Hall–Kier alpha value is -1.84. The summed E-state index contributed by atoms with van der Waals surface area (Å²) in [6, 6.07) is 3.79. The predicted octanol–water partition coefficient (Wildman–Crippen LogP) is 3.74. The Bertz CT molecular complexity index is 589. The third-order valence-electron chi connectivity index (χ3n) is 3.50. The molecule has 1 atom stereocenters. The number of fused-ring (bicyclic) bond motifs is 1. The predicted molar refractivity (Wildman–Crippen MR) is 79.4 cm³/mol. The fourth-order valence-corrected chi connectivity index (χ4v) is 1.98. The van der Waals surface area contributed by atoms with Crippen LogP contribution in [0.25, 0.3) is 5.52 Å². The second kappa shape index (κ2) is 6.55. The normalized spacial score (nSPS) is 12.6. The minimum Gasteiger partial charge on any atom is -0.493 e. The molecule has 1 unspecified atom stereocenters. The van der Waals surface area contributed by atoms with E-state index >= 15 is 0 Å². The van der Waals surface area contributed by atoms with Crippen LogP contribution >= 0.6 is 0 Å². The average Bonchev–Trinajstić information content (AvgIpc) is 2.88. The summed E-state index contributed by atoms with van der Waals surface area (Å²) in [5.41, 5.74) is 1.51. The standard InChI is InChI=1S/C16H22N2O2/c1-4-6-16(19)14-10-17-18-8-7-13(9-15(14)18)20-11-12(3)5-2/h7-10,12H,4-6,11H2,1-3H3. The SMILES string of the molecule is CCCC(=O)c1cnn2ccc(OCC(C)CC)cc12. The molecule has 4 heteroatoms. The third-order valence-corrected chi connectivity index (χ3v) is 3.50. The molecule has 0 aromatic carbocycles. The van der Waals surface area contributed by atoms with Gasteiger partial charge in [0, 0.05) is 18.7 Å². The Labute approximate surface area is 119 Å². The first-order valence-corrected chi connectivity index (χ1v) is 7.29. The van der Waals surface area contributed by atoms with E-state index in [0.29, 0.717) is 24.5 Å². The molecule has 0 N–H and O–H groups in total. The van der Waals surface area contributed by atoms with Crippen molar-refractivity contribution in [3.8, 4) is 5.75 Å². The molecule has 108 valence electrons. The average molecular weight is 274 g/mol. The van der Waals surface area contributed by atoms with Crippen molar-refractivity contribution in [3.63, 3.8) is 0 Å². The van der Waals surface area contributed by atoms with Crippen molar-refractivity contribution in [3.05, 3.63) is 30.1 Å². The molecule has 0 bridgehead atoms. The van der Waals surface area contributed by atoms with E-state index in [1.54, 1.807) is 10.7 Å². The molecule has 0 spiro atoms. The maximum absolute atomic E-state index is 12.0. The Morgan fingerprint density at radius 3 is 2.95 bits per heavy atom. The van der Waals surface area contributed by atoms with E-state index in [-0.39, 0.29) is 5.78 Å². The smallest absolute Gasteiger partial charge is 0.166 e. The summed E-state index contributed by atoms with van der Waals surface area (Å²) in [6.45, 7) is 7.01. The van der Waals surface area contributed by atoms with Crippen LogP contribution in [0.1, 0.15) is 50.4 Å². The van der Waals surface area contributed by atoms with Gasteiger partial charge in [0.25, 0.3) is 0 Å². The van der Waals surface area contributed by atoms with Gasteiger partial charge in [-0.05, 0) is 18.4 Å². The first kappa shape index (κ1) is 14.6. The van der Waals surface area contributed by atoms with Gasteiger partial charge in [-0.25, -0.2) is 4.52 Å². The molecule has 0 fully saturated rings. The minimum atomic E-state index is 0.140. The summed E-state index contributed by atoms with van der Waals surface area (Å²) in [4.78, 5) is 12.0. The maximum Gasteiger partial charge on any atom is 0.166 e. The highest BCUT2D eigenvalue weighted by Gasteiger charge is 2.12. The lowest BCUT2D eigenvalue weighted by Gasteiger charge is -2.11. The number of Topliss-reactive ketones (excluding diaryl/α,β-unsaturated/α-hetero) is 1. The molecular weight excluding hydrogens is 252 g/mol. The lowest BCUT2D eigenvalue weighted by Crippen LogP contribution is -2.07. The van der Waals surface area contributed by atoms with Gasteiger partial charge in [-0.1, -0.05) is 27.2 Å². The largest absolute Gasteiger partial charge is 0.493 e. The van der Waals surface area contributed by atoms with Crippen LogP contribution in [0, 0.1) is 5.92 Å². The van der Waals surface area contributed by atoms with Gasteiger partial charge in [0.05, 0.1) is 23.9 Å². The summed E-state index contributed by atoms with van der Waals surface area (Å²) < 4.78 is 7.50. The van der Waals surface area contributed by atoms with E-state index in [9.17, 15) is 4.79 Å². The van der Waals surface area contributed by atoms with E-state index in [0.717, 1.165) is 24.1 Å². The van der Waals surface area contributed by atoms with Crippen molar-refractivity contribution >= 4 is 11.3 Å². The van der Waals surface area contributed by atoms with Gasteiger partial charge in [-0.2, -0.15) is 5.10 Å². The highest BCUT2D eigenvalue weighted by Crippen LogP contribution is 2.20. The first-order chi connectivity index (χ1) is 9.65. The second-order valence-electron chi connectivity index (χ2n) is 5.25. The number of ketones is 1. The Morgan fingerprint density at radius 1 is 1.45 bits per heavy atom. The number of rotatable bonds is 7. The van der Waals surface area contributed by atoms with E-state index in [1.165, 1.54) is 0 Å². The van der Waals surface area contributed by atoms with Crippen LogP contribution in [0.2, 0.25) is 0 Å². The lowest BCUT2D eigenvalue weighted by molar-refractivity contribution is 0.0983. The molecule has 2 aromatic rings. The number of hydrogen-bond donors (Lipinski definition) is 0. The van der Waals surface area contributed by atoms with Gasteiger partial charge in [-0.15, -0.1) is 0 Å². The zero-order chi connectivity index (χ0) is 14.5. The number of ether oxygens (including phenoxy) is 1. The molecule has 20 heavy (non-hydrogen) atoms. The molecule has 4 nitrogen and oxygen atoms in total. The topological polar surface area (TPSA) is 43.6 Å². The molecule has 0 amide bonds. The molecule has 0 aliphatic heterocycles. The number of carbonyl (C=O) groups is 1. The van der Waals surface area contributed by atoms with Crippen LogP contribution in [0.3, 0.4) is 0 Å². The molecule has 2 heterocycles. The third kappa shape index (κ3) is 3.18. The van der Waals surface area contributed by atoms with Crippen molar-refractivity contribution in [2.24, 2.45) is 5.92 Å². The van der Waals surface area contributed by atoms with Crippen LogP contribution in [0.5, 0.6) is 5.75 Å². The monoisotopic (exact) mass is 274 g/mol. The van der Waals surface area contributed by atoms with Gasteiger partial charge >= 0.3 is 0 Å². The van der Waals surface area contributed by atoms with E-state index in [1.807, 2.05) is 25.3 Å². The van der Waals surface area contributed by atoms with Crippen LogP contribution in [-0.4, -0.2) is 22.0 Å². The van der Waals surface area contributed by atoms with E-state index in [4.69, 9.17) is 4.74 Å². The second-order valence-corrected chi connectivity index (χ2v) is 5.25.